The summed E-state index contributed by atoms with van der Waals surface area (Å²) in [6, 6.07) is 30.5. The van der Waals surface area contributed by atoms with Crippen molar-refractivity contribution in [1.29, 1.82) is 0 Å². The number of carboxylic acid groups (broad SMARTS) is 1. The Morgan fingerprint density at radius 1 is 0.692 bits per heavy atom. The minimum absolute atomic E-state index is 0.0478. The molecule has 0 aliphatic carbocycles. The molecule has 0 unspecified atom stereocenters. The number of sulfonamides is 1. The molecule has 5 aromatic rings. The monoisotopic (exact) mass is 750 g/mol. The predicted molar refractivity (Wildman–Crippen MR) is 190 cm³/mol. The summed E-state index contributed by atoms with van der Waals surface area (Å²) >= 11 is 0. The van der Waals surface area contributed by atoms with Crippen LogP contribution in [0.1, 0.15) is 21.5 Å². The van der Waals surface area contributed by atoms with Gasteiger partial charge in [0.05, 0.1) is 10.5 Å². The molecule has 0 aliphatic heterocycles. The average Bonchev–Trinajstić information content (AvgIpc) is 3.12. The second-order valence-electron chi connectivity index (χ2n) is 11.9. The van der Waals surface area contributed by atoms with Gasteiger partial charge >= 0.3 is 12.1 Å². The topological polar surface area (TPSA) is 138 Å². The minimum atomic E-state index is -4.51. The third-order valence-corrected chi connectivity index (χ3v) is 11.1. The van der Waals surface area contributed by atoms with E-state index in [0.29, 0.717) is 16.7 Å². The van der Waals surface area contributed by atoms with Crippen molar-refractivity contribution in [3.05, 3.63) is 144 Å². The van der Waals surface area contributed by atoms with E-state index in [2.05, 4.69) is 4.72 Å². The zero-order valence-corrected chi connectivity index (χ0v) is 29.3. The van der Waals surface area contributed by atoms with E-state index in [9.17, 15) is 44.7 Å². The number of hydrogen-bond donors (Lipinski definition) is 2. The van der Waals surface area contributed by atoms with Gasteiger partial charge in [-0.3, -0.25) is 4.79 Å². The van der Waals surface area contributed by atoms with Crippen LogP contribution >= 0.6 is 0 Å². The minimum Gasteiger partial charge on any atom is -0.480 e. The predicted octanol–water partition coefficient (Wildman–Crippen LogP) is 6.56. The summed E-state index contributed by atoms with van der Waals surface area (Å²) in [4.78, 5) is 26.9. The lowest BCUT2D eigenvalue weighted by Crippen LogP contribution is -2.49. The van der Waals surface area contributed by atoms with Crippen molar-refractivity contribution in [3.8, 4) is 22.3 Å². The molecule has 0 aromatic heterocycles. The molecule has 5 aromatic carbocycles. The standard InChI is InChI=1S/C38H33F3N2O7S2/c1-51(47,48)34-9-5-6-10-35(34)52(49,50)42-23-24-43(33(37(45)46)25-26-11-13-28(14-12-26)27-7-3-2-4-8-27)36(44)31-17-15-29(16-18-31)30-19-21-32(22-20-30)38(39,40)41/h2-22,33,42H,23-25H2,1H3,(H,45,46)/t33-/m0/s1. The third kappa shape index (κ3) is 9.12. The van der Waals surface area contributed by atoms with Crippen LogP contribution in [0.25, 0.3) is 22.3 Å². The van der Waals surface area contributed by atoms with Crippen LogP contribution in [0.4, 0.5) is 13.2 Å². The van der Waals surface area contributed by atoms with Gasteiger partial charge < -0.3 is 10.0 Å². The number of nitrogens with zero attached hydrogens (tertiary/aromatic N) is 1. The van der Waals surface area contributed by atoms with Gasteiger partial charge in [-0.2, -0.15) is 13.2 Å². The summed E-state index contributed by atoms with van der Waals surface area (Å²) in [5.74, 6) is -2.10. The highest BCUT2D eigenvalue weighted by atomic mass is 32.2. The molecule has 0 aliphatic rings. The van der Waals surface area contributed by atoms with Crippen molar-refractivity contribution in [1.82, 2.24) is 9.62 Å². The summed E-state index contributed by atoms with van der Waals surface area (Å²) in [6.45, 7) is -0.884. The first-order chi connectivity index (χ1) is 24.5. The highest BCUT2D eigenvalue weighted by molar-refractivity contribution is 7.93. The van der Waals surface area contributed by atoms with Crippen molar-refractivity contribution in [2.45, 2.75) is 28.4 Å². The maximum atomic E-state index is 14.0. The molecule has 5 rings (SSSR count). The largest absolute Gasteiger partial charge is 0.480 e. The summed E-state index contributed by atoms with van der Waals surface area (Å²) in [5.41, 5.74) is 2.61. The maximum Gasteiger partial charge on any atom is 0.416 e. The number of amides is 1. The molecule has 2 N–H and O–H groups in total. The van der Waals surface area contributed by atoms with Crippen LogP contribution in [0.3, 0.4) is 0 Å². The van der Waals surface area contributed by atoms with E-state index in [-0.39, 0.29) is 12.0 Å². The highest BCUT2D eigenvalue weighted by Gasteiger charge is 2.32. The molecule has 0 fully saturated rings. The number of carbonyl (C=O) groups excluding carboxylic acids is 1. The summed E-state index contributed by atoms with van der Waals surface area (Å²) < 4.78 is 92.5. The molecular weight excluding hydrogens is 718 g/mol. The summed E-state index contributed by atoms with van der Waals surface area (Å²) in [5, 5.41) is 10.4. The van der Waals surface area contributed by atoms with Crippen LogP contribution in [0.15, 0.2) is 137 Å². The molecule has 1 atom stereocenters. The molecule has 0 bridgehead atoms. The number of rotatable bonds is 13. The second-order valence-corrected chi connectivity index (χ2v) is 15.6. The van der Waals surface area contributed by atoms with E-state index in [4.69, 9.17) is 0 Å². The number of nitrogens with one attached hydrogen (secondary N) is 1. The Kier molecular flexibility index (Phi) is 11.3. The van der Waals surface area contributed by atoms with E-state index < -0.39 is 72.4 Å². The number of aliphatic carboxylic acids is 1. The van der Waals surface area contributed by atoms with Gasteiger partial charge in [-0.15, -0.1) is 0 Å². The maximum absolute atomic E-state index is 14.0. The van der Waals surface area contributed by atoms with Crippen LogP contribution in [0, 0.1) is 0 Å². The third-order valence-electron chi connectivity index (χ3n) is 8.27. The molecule has 52 heavy (non-hydrogen) atoms. The van der Waals surface area contributed by atoms with Gasteiger partial charge in [-0.25, -0.2) is 26.4 Å². The number of alkyl halides is 3. The fourth-order valence-corrected chi connectivity index (χ4v) is 8.24. The molecular formula is C38H33F3N2O7S2. The van der Waals surface area contributed by atoms with Crippen LogP contribution in [-0.2, 0) is 37.3 Å². The average molecular weight is 751 g/mol. The Bertz CT molecular complexity index is 2260. The Morgan fingerprint density at radius 2 is 1.17 bits per heavy atom. The Morgan fingerprint density at radius 3 is 1.69 bits per heavy atom. The molecule has 9 nitrogen and oxygen atoms in total. The molecule has 1 amide bonds. The molecule has 0 saturated carbocycles. The number of hydrogen-bond acceptors (Lipinski definition) is 6. The van der Waals surface area contributed by atoms with Gasteiger partial charge in [0.15, 0.2) is 9.84 Å². The lowest BCUT2D eigenvalue weighted by atomic mass is 9.99. The van der Waals surface area contributed by atoms with Crippen LogP contribution in [-0.4, -0.2) is 64.1 Å². The zero-order valence-electron chi connectivity index (χ0n) is 27.6. The number of carbonyl (C=O) groups is 2. The SMILES string of the molecule is CS(=O)(=O)c1ccccc1S(=O)(=O)NCCN(C(=O)c1ccc(-c2ccc(C(F)(F)F)cc2)cc1)[C@@H](Cc1ccc(-c2ccccc2)cc1)C(=O)O. The lowest BCUT2D eigenvalue weighted by Gasteiger charge is -2.29. The first-order valence-corrected chi connectivity index (χ1v) is 19.2. The molecule has 14 heteroatoms. The molecule has 270 valence electrons. The van der Waals surface area contributed by atoms with Gasteiger partial charge in [0.25, 0.3) is 5.91 Å². The van der Waals surface area contributed by atoms with E-state index >= 15 is 0 Å². The summed E-state index contributed by atoms with van der Waals surface area (Å²) in [6.07, 6.45) is -3.77. The number of sulfone groups is 1. The van der Waals surface area contributed by atoms with Gasteiger partial charge in [0.1, 0.15) is 10.9 Å². The summed E-state index contributed by atoms with van der Waals surface area (Å²) in [7, 11) is -8.36. The first kappa shape index (κ1) is 37.9. The van der Waals surface area contributed by atoms with Gasteiger partial charge in [-0.05, 0) is 64.2 Å². The van der Waals surface area contributed by atoms with Crippen molar-refractivity contribution in [3.63, 3.8) is 0 Å². The quantitative estimate of drug-likeness (QED) is 0.139. The Hall–Kier alpha value is -5.31. The second kappa shape index (κ2) is 15.5. The fraction of sp³-hybridized carbons (Fsp3) is 0.158. The molecule has 0 radical (unpaired) electrons. The van der Waals surface area contributed by atoms with E-state index in [1.165, 1.54) is 48.5 Å². The normalized spacial score (nSPS) is 12.6. The van der Waals surface area contributed by atoms with Crippen molar-refractivity contribution in [2.24, 2.45) is 0 Å². The van der Waals surface area contributed by atoms with E-state index in [1.807, 2.05) is 42.5 Å². The Balaban J connectivity index is 1.43. The van der Waals surface area contributed by atoms with Crippen LogP contribution < -0.4 is 4.72 Å². The number of carboxylic acids is 1. The van der Waals surface area contributed by atoms with E-state index in [0.717, 1.165) is 46.5 Å². The van der Waals surface area contributed by atoms with Gasteiger partial charge in [0, 0.05) is 31.3 Å². The Labute approximate surface area is 299 Å². The lowest BCUT2D eigenvalue weighted by molar-refractivity contribution is -0.142. The molecule has 0 saturated heterocycles. The van der Waals surface area contributed by atoms with Crippen LogP contribution in [0.2, 0.25) is 0 Å². The number of halogens is 3. The molecule has 0 spiro atoms. The van der Waals surface area contributed by atoms with Crippen LogP contribution in [0.5, 0.6) is 0 Å². The van der Waals surface area contributed by atoms with Crippen molar-refractivity contribution < 1.29 is 44.7 Å². The van der Waals surface area contributed by atoms with Gasteiger partial charge in [0.2, 0.25) is 10.0 Å². The van der Waals surface area contributed by atoms with E-state index in [1.54, 1.807) is 12.1 Å². The fourth-order valence-electron chi connectivity index (χ4n) is 5.60. The molecule has 0 heterocycles. The van der Waals surface area contributed by atoms with Crippen molar-refractivity contribution >= 4 is 31.7 Å². The zero-order chi connectivity index (χ0) is 37.7. The first-order valence-electron chi connectivity index (χ1n) is 15.8. The smallest absolute Gasteiger partial charge is 0.416 e. The van der Waals surface area contributed by atoms with Gasteiger partial charge in [-0.1, -0.05) is 91.0 Å². The van der Waals surface area contributed by atoms with Crippen molar-refractivity contribution in [2.75, 3.05) is 19.3 Å². The highest BCUT2D eigenvalue weighted by Crippen LogP contribution is 2.31. The number of benzene rings is 5.